The van der Waals surface area contributed by atoms with E-state index in [-0.39, 0.29) is 75.5 Å². The van der Waals surface area contributed by atoms with Gasteiger partial charge in [0.1, 0.15) is 0 Å². The third-order valence-corrected chi connectivity index (χ3v) is 0. The molecule has 0 radical (unpaired) electrons. The standard InChI is InChI=1S/4BH3O3.BH2O3.BO3.2Ca/c6*2-1(3)4;;/h4*2-4H;2-3H;;;/q;;;;-1;-3;2*+2. The van der Waals surface area contributed by atoms with Crippen LogP contribution in [0.2, 0.25) is 0 Å². The molecule has 0 aromatic rings. The Morgan fingerprint density at radius 1 is 0.346 bits per heavy atom. The quantitative estimate of drug-likeness (QED) is 0.153. The van der Waals surface area contributed by atoms with Gasteiger partial charge in [-0.25, -0.2) is 0 Å². The number of rotatable bonds is 0. The van der Waals surface area contributed by atoms with E-state index < -0.39 is 43.9 Å². The second-order valence-corrected chi connectivity index (χ2v) is 2.00. The monoisotopic (exact) mass is 448 g/mol. The SMILES string of the molecule is OB(O)O.OB(O)O.OB(O)O.OB(O)O.[Ca+2].[Ca+2].[O-]B(O)O.[O-]B([O-])[O-]. The Hall–Kier alpha value is 2.19. The molecule has 0 aromatic carbocycles. The Bertz CT molecular complexity index is 105. The molecule has 0 atom stereocenters. The zero-order valence-electron chi connectivity index (χ0n) is 12.8. The van der Waals surface area contributed by atoms with Crippen LogP contribution in [0.3, 0.4) is 0 Å². The van der Waals surface area contributed by atoms with E-state index in [2.05, 4.69) is 0 Å². The van der Waals surface area contributed by atoms with Crippen molar-refractivity contribution in [2.75, 3.05) is 0 Å². The molecular formula is H14B6Ca2O18. The molecular weight excluding hydrogens is 433 g/mol. The molecule has 0 unspecified atom stereocenters. The van der Waals surface area contributed by atoms with Crippen molar-refractivity contribution in [3.8, 4) is 0 Å². The van der Waals surface area contributed by atoms with Crippen LogP contribution >= 0.6 is 0 Å². The maximum atomic E-state index is 8.64. The van der Waals surface area contributed by atoms with Gasteiger partial charge in [-0.1, -0.05) is 0 Å². The average molecular weight is 447 g/mol. The summed E-state index contributed by atoms with van der Waals surface area (Å²) in [4.78, 5) is 0. The van der Waals surface area contributed by atoms with Crippen LogP contribution < -0.4 is 20.1 Å². The van der Waals surface area contributed by atoms with E-state index in [1.54, 1.807) is 0 Å². The fourth-order valence-electron chi connectivity index (χ4n) is 0. The summed E-state index contributed by atoms with van der Waals surface area (Å²) in [6.07, 6.45) is 0. The van der Waals surface area contributed by atoms with Crippen molar-refractivity contribution in [1.82, 2.24) is 0 Å². The molecule has 0 aliphatic rings. The summed E-state index contributed by atoms with van der Waals surface area (Å²) < 4.78 is 0. The first kappa shape index (κ1) is 51.1. The topological polar surface area (TPSA) is 375 Å². The van der Waals surface area contributed by atoms with Crippen LogP contribution in [0.5, 0.6) is 0 Å². The van der Waals surface area contributed by atoms with E-state index in [0.29, 0.717) is 0 Å². The fourth-order valence-corrected chi connectivity index (χ4v) is 0. The molecule has 26 heteroatoms. The van der Waals surface area contributed by atoms with Crippen molar-refractivity contribution in [2.24, 2.45) is 0 Å². The zero-order valence-corrected chi connectivity index (χ0v) is 17.2. The zero-order chi connectivity index (χ0) is 21.5. The maximum Gasteiger partial charge on any atom is 2.00 e. The smallest absolute Gasteiger partial charge is 0.907 e. The van der Waals surface area contributed by atoms with Gasteiger partial charge in [0.25, 0.3) is 0 Å². The van der Waals surface area contributed by atoms with Crippen LogP contribution in [0.25, 0.3) is 0 Å². The molecule has 0 saturated heterocycles. The number of hydrogen-bond acceptors (Lipinski definition) is 18. The molecule has 0 heterocycles. The molecule has 0 saturated carbocycles. The Balaban J connectivity index is -0.0000000245. The molecule has 144 valence electrons. The van der Waals surface area contributed by atoms with Crippen LogP contribution in [0.15, 0.2) is 0 Å². The normalized spacial score (nSPS) is 6.23. The van der Waals surface area contributed by atoms with Gasteiger partial charge in [-0.3, -0.25) is 7.32 Å². The first-order chi connectivity index (χ1) is 10.4. The largest absolute Gasteiger partial charge is 2.00 e. The van der Waals surface area contributed by atoms with Crippen LogP contribution in [-0.4, -0.2) is 190 Å². The molecule has 0 aliphatic heterocycles. The summed E-state index contributed by atoms with van der Waals surface area (Å²) >= 11 is 0. The van der Waals surface area contributed by atoms with Crippen molar-refractivity contribution >= 4 is 119 Å². The van der Waals surface area contributed by atoms with E-state index >= 15 is 0 Å². The molecule has 0 amide bonds. The molecule has 14 N–H and O–H groups in total. The van der Waals surface area contributed by atoms with Crippen LogP contribution in [0.1, 0.15) is 0 Å². The predicted molar refractivity (Wildman–Crippen MR) is 77.1 cm³/mol. The molecule has 0 bridgehead atoms. The first-order valence-corrected chi connectivity index (χ1v) is 4.56. The van der Waals surface area contributed by atoms with Gasteiger partial charge in [0.2, 0.25) is 0 Å². The Morgan fingerprint density at radius 3 is 0.346 bits per heavy atom. The van der Waals surface area contributed by atoms with Gasteiger partial charge in [-0.15, -0.1) is 0 Å². The third-order valence-electron chi connectivity index (χ3n) is 0. The summed E-state index contributed by atoms with van der Waals surface area (Å²) in [5.74, 6) is 0. The van der Waals surface area contributed by atoms with Crippen molar-refractivity contribution in [3.05, 3.63) is 0 Å². The predicted octanol–water partition coefficient (Wildman–Crippen LogP) is -15.6. The first-order valence-electron chi connectivity index (χ1n) is 4.56. The van der Waals surface area contributed by atoms with Crippen molar-refractivity contribution < 1.29 is 90.4 Å². The van der Waals surface area contributed by atoms with E-state index in [1.165, 1.54) is 0 Å². The van der Waals surface area contributed by atoms with Gasteiger partial charge in [0, 0.05) is 0 Å². The molecule has 0 fully saturated rings. The Labute approximate surface area is 207 Å². The Morgan fingerprint density at radius 2 is 0.346 bits per heavy atom. The summed E-state index contributed by atoms with van der Waals surface area (Å²) in [6.45, 7) is 0. The fraction of sp³-hybridized carbons (Fsp3) is 0. The van der Waals surface area contributed by atoms with Gasteiger partial charge in [-0.2, -0.15) is 0 Å². The minimum Gasteiger partial charge on any atom is -0.907 e. The molecule has 0 rings (SSSR count). The van der Waals surface area contributed by atoms with Gasteiger partial charge in [0.15, 0.2) is 0 Å². The van der Waals surface area contributed by atoms with Crippen LogP contribution in [-0.2, 0) is 0 Å². The van der Waals surface area contributed by atoms with Gasteiger partial charge in [0.05, 0.1) is 0 Å². The van der Waals surface area contributed by atoms with Crippen molar-refractivity contribution in [1.29, 1.82) is 0 Å². The molecule has 0 spiro atoms. The molecule has 18 nitrogen and oxygen atoms in total. The second-order valence-electron chi connectivity index (χ2n) is 2.00. The van der Waals surface area contributed by atoms with Crippen molar-refractivity contribution in [2.45, 2.75) is 0 Å². The van der Waals surface area contributed by atoms with Gasteiger partial charge >= 0.3 is 112 Å². The van der Waals surface area contributed by atoms with E-state index in [4.69, 9.17) is 90.4 Å². The summed E-state index contributed by atoms with van der Waals surface area (Å²) in [5.41, 5.74) is 0. The van der Waals surface area contributed by atoms with Crippen molar-refractivity contribution in [3.63, 3.8) is 0 Å². The molecule has 0 aliphatic carbocycles. The Kier molecular flexibility index (Phi) is 90.0. The minimum atomic E-state index is -2.92. The van der Waals surface area contributed by atoms with Gasteiger partial charge < -0.3 is 90.4 Å². The maximum absolute atomic E-state index is 8.64. The summed E-state index contributed by atoms with van der Waals surface area (Å²) in [6, 6.07) is 0. The minimum absolute atomic E-state index is 0. The van der Waals surface area contributed by atoms with Crippen LogP contribution in [0, 0.1) is 0 Å². The van der Waals surface area contributed by atoms with E-state index in [9.17, 15) is 0 Å². The molecule has 0 aromatic heterocycles. The molecule has 26 heavy (non-hydrogen) atoms. The average Bonchev–Trinajstić information content (AvgIpc) is 2.08. The summed E-state index contributed by atoms with van der Waals surface area (Å²) in [7, 11) is -14.0. The van der Waals surface area contributed by atoms with Crippen LogP contribution in [0.4, 0.5) is 0 Å². The number of hydrogen-bond donors (Lipinski definition) is 14. The van der Waals surface area contributed by atoms with E-state index in [1.807, 2.05) is 0 Å². The van der Waals surface area contributed by atoms with Gasteiger partial charge in [-0.05, 0) is 0 Å². The third kappa shape index (κ3) is 3470. The summed E-state index contributed by atoms with van der Waals surface area (Å²) in [5, 5.41) is 134. The second kappa shape index (κ2) is 45.8. The van der Waals surface area contributed by atoms with E-state index in [0.717, 1.165) is 0 Å².